The van der Waals surface area contributed by atoms with Crippen LogP contribution < -0.4 is 5.56 Å². The summed E-state index contributed by atoms with van der Waals surface area (Å²) in [6, 6.07) is 15.4. The fourth-order valence-electron chi connectivity index (χ4n) is 4.06. The van der Waals surface area contributed by atoms with Gasteiger partial charge in [-0.25, -0.2) is 4.98 Å². The molecule has 158 valence electrons. The molecule has 0 amide bonds. The Labute approximate surface area is 194 Å². The van der Waals surface area contributed by atoms with Crippen LogP contribution in [0.1, 0.15) is 35.3 Å². The molecule has 1 aliphatic carbocycles. The minimum absolute atomic E-state index is 0.00430. The van der Waals surface area contributed by atoms with Crippen molar-refractivity contribution in [2.45, 2.75) is 37.4 Å². The van der Waals surface area contributed by atoms with Crippen LogP contribution in [0.25, 0.3) is 11.3 Å². The zero-order chi connectivity index (χ0) is 22.2. The van der Waals surface area contributed by atoms with E-state index in [2.05, 4.69) is 42.4 Å². The van der Waals surface area contributed by atoms with E-state index in [1.165, 1.54) is 17.3 Å². The first-order valence-electron chi connectivity index (χ1n) is 10.1. The molecule has 0 spiro atoms. The van der Waals surface area contributed by atoms with Crippen LogP contribution in [0.4, 0.5) is 0 Å². The van der Waals surface area contributed by atoms with E-state index in [9.17, 15) is 9.59 Å². The van der Waals surface area contributed by atoms with Gasteiger partial charge in [0.1, 0.15) is 0 Å². The second kappa shape index (κ2) is 8.60. The largest absolute Gasteiger partial charge is 0.293 e. The number of rotatable bonds is 6. The highest BCUT2D eigenvalue weighted by atomic mass is 79.9. The summed E-state index contributed by atoms with van der Waals surface area (Å²) in [5.74, 6) is 0.199. The van der Waals surface area contributed by atoms with Crippen molar-refractivity contribution in [3.05, 3.63) is 92.7 Å². The van der Waals surface area contributed by atoms with Crippen LogP contribution in [0.15, 0.2) is 75.6 Å². The van der Waals surface area contributed by atoms with Crippen molar-refractivity contribution in [2.75, 3.05) is 5.75 Å². The van der Waals surface area contributed by atoms with Gasteiger partial charge in [0.2, 0.25) is 0 Å². The summed E-state index contributed by atoms with van der Waals surface area (Å²) < 4.78 is 2.57. The number of ketones is 1. The van der Waals surface area contributed by atoms with Crippen LogP contribution in [0.5, 0.6) is 0 Å². The molecule has 3 aromatic rings. The molecule has 0 N–H and O–H groups in total. The van der Waals surface area contributed by atoms with Crippen molar-refractivity contribution in [1.29, 1.82) is 0 Å². The number of aromatic nitrogens is 2. The lowest BCUT2D eigenvalue weighted by Gasteiger charge is -2.33. The molecular weight excluding hydrogens is 472 g/mol. The normalized spacial score (nSPS) is 13.9. The number of thioether (sulfide) groups is 1. The number of carbonyl (C=O) groups excluding carboxylic acids is 1. The van der Waals surface area contributed by atoms with Crippen LogP contribution in [0, 0.1) is 0 Å². The lowest BCUT2D eigenvalue weighted by Crippen LogP contribution is -2.38. The maximum atomic E-state index is 13.6. The van der Waals surface area contributed by atoms with E-state index in [1.807, 2.05) is 30.3 Å². The summed E-state index contributed by atoms with van der Waals surface area (Å²) in [4.78, 5) is 31.2. The van der Waals surface area contributed by atoms with Crippen molar-refractivity contribution in [3.63, 3.8) is 0 Å². The molecule has 4 rings (SSSR count). The summed E-state index contributed by atoms with van der Waals surface area (Å²) >= 11 is 4.69. The van der Waals surface area contributed by atoms with E-state index in [0.29, 0.717) is 17.3 Å². The molecule has 1 heterocycles. The number of hydrogen-bond donors (Lipinski definition) is 0. The predicted molar refractivity (Wildman–Crippen MR) is 130 cm³/mol. The molecule has 0 unspecified atom stereocenters. The van der Waals surface area contributed by atoms with Gasteiger partial charge >= 0.3 is 0 Å². The topological polar surface area (TPSA) is 52.0 Å². The molecular formula is C25H23BrN2O2S. The van der Waals surface area contributed by atoms with Crippen LogP contribution in [0.2, 0.25) is 0 Å². The zero-order valence-corrected chi connectivity index (χ0v) is 19.9. The fraction of sp³-hybridized carbons (Fsp3) is 0.240. The van der Waals surface area contributed by atoms with Crippen molar-refractivity contribution >= 4 is 33.5 Å². The first kappa shape index (κ1) is 21.8. The fourth-order valence-corrected chi connectivity index (χ4v) is 5.22. The quantitative estimate of drug-likeness (QED) is 0.192. The summed E-state index contributed by atoms with van der Waals surface area (Å²) in [7, 11) is 0. The maximum Gasteiger partial charge on any atom is 0.258 e. The van der Waals surface area contributed by atoms with Crippen molar-refractivity contribution in [3.8, 4) is 11.3 Å². The van der Waals surface area contributed by atoms with E-state index >= 15 is 0 Å². The molecule has 4 nitrogen and oxygen atoms in total. The minimum Gasteiger partial charge on any atom is -0.293 e. The van der Waals surface area contributed by atoms with Crippen molar-refractivity contribution < 1.29 is 4.79 Å². The molecule has 1 aromatic heterocycles. The Morgan fingerprint density at radius 1 is 1.23 bits per heavy atom. The number of nitrogens with zero attached hydrogens (tertiary/aromatic N) is 2. The summed E-state index contributed by atoms with van der Waals surface area (Å²) in [5, 5.41) is 0.543. The monoisotopic (exact) mass is 494 g/mol. The predicted octanol–water partition coefficient (Wildman–Crippen LogP) is 5.67. The average molecular weight is 495 g/mol. The Morgan fingerprint density at radius 2 is 1.94 bits per heavy atom. The van der Waals surface area contributed by atoms with Crippen molar-refractivity contribution in [1.82, 2.24) is 9.55 Å². The van der Waals surface area contributed by atoms with Gasteiger partial charge in [-0.05, 0) is 24.1 Å². The molecule has 2 aromatic carbocycles. The van der Waals surface area contributed by atoms with Gasteiger partial charge in [0.25, 0.3) is 5.56 Å². The van der Waals surface area contributed by atoms with Crippen molar-refractivity contribution in [2.24, 2.45) is 0 Å². The van der Waals surface area contributed by atoms with Crippen LogP contribution >= 0.6 is 27.7 Å². The SMILES string of the molecule is C=CCn1c(SCC(=O)c2ccc(Br)cc2)nc2c(c1=O)C(C)(C)Cc1ccccc1-2. The molecule has 0 fully saturated rings. The molecule has 31 heavy (non-hydrogen) atoms. The van der Waals surface area contributed by atoms with Crippen LogP contribution in [-0.4, -0.2) is 21.1 Å². The summed E-state index contributed by atoms with van der Waals surface area (Å²) in [6.07, 6.45) is 2.48. The molecule has 0 saturated heterocycles. The van der Waals surface area contributed by atoms with E-state index in [1.54, 1.807) is 22.8 Å². The lowest BCUT2D eigenvalue weighted by molar-refractivity contribution is 0.102. The first-order valence-corrected chi connectivity index (χ1v) is 11.9. The third-order valence-corrected chi connectivity index (χ3v) is 7.03. The third-order valence-electron chi connectivity index (χ3n) is 5.53. The van der Waals surface area contributed by atoms with E-state index in [4.69, 9.17) is 4.98 Å². The highest BCUT2D eigenvalue weighted by Gasteiger charge is 2.36. The second-order valence-electron chi connectivity index (χ2n) is 8.26. The molecule has 0 aliphatic heterocycles. The second-order valence-corrected chi connectivity index (χ2v) is 10.1. The Bertz CT molecular complexity index is 1230. The number of hydrogen-bond acceptors (Lipinski definition) is 4. The zero-order valence-electron chi connectivity index (χ0n) is 17.5. The van der Waals surface area contributed by atoms with Gasteiger partial charge in [-0.3, -0.25) is 14.2 Å². The Hall–Kier alpha value is -2.44. The number of carbonyl (C=O) groups is 1. The van der Waals surface area contributed by atoms with Gasteiger partial charge < -0.3 is 0 Å². The van der Waals surface area contributed by atoms with Crippen LogP contribution in [0.3, 0.4) is 0 Å². The molecule has 0 atom stereocenters. The smallest absolute Gasteiger partial charge is 0.258 e. The summed E-state index contributed by atoms with van der Waals surface area (Å²) in [5.41, 5.74) is 3.91. The Morgan fingerprint density at radius 3 is 2.65 bits per heavy atom. The van der Waals surface area contributed by atoms with Crippen LogP contribution in [-0.2, 0) is 18.4 Å². The first-order chi connectivity index (χ1) is 14.8. The average Bonchev–Trinajstić information content (AvgIpc) is 2.74. The molecule has 0 saturated carbocycles. The molecule has 1 aliphatic rings. The number of Topliss-reactive ketones (excluding diaryl/α,β-unsaturated/α-hetero) is 1. The molecule has 6 heteroatoms. The lowest BCUT2D eigenvalue weighted by atomic mass is 9.72. The Kier molecular flexibility index (Phi) is 6.04. The number of halogens is 1. The highest BCUT2D eigenvalue weighted by Crippen LogP contribution is 2.41. The molecule has 0 bridgehead atoms. The van der Waals surface area contributed by atoms with Gasteiger partial charge in [0, 0.05) is 33.1 Å². The third kappa shape index (κ3) is 4.19. The summed E-state index contributed by atoms with van der Waals surface area (Å²) in [6.45, 7) is 8.34. The number of benzene rings is 2. The van der Waals surface area contributed by atoms with E-state index in [0.717, 1.165) is 27.7 Å². The van der Waals surface area contributed by atoms with Gasteiger partial charge in [0.15, 0.2) is 10.9 Å². The highest BCUT2D eigenvalue weighted by molar-refractivity contribution is 9.10. The van der Waals surface area contributed by atoms with Gasteiger partial charge in [-0.1, -0.05) is 84.0 Å². The number of allylic oxidation sites excluding steroid dienone is 1. The number of fused-ring (bicyclic) bond motifs is 3. The molecule has 0 radical (unpaired) electrons. The van der Waals surface area contributed by atoms with E-state index in [-0.39, 0.29) is 22.5 Å². The van der Waals surface area contributed by atoms with Gasteiger partial charge in [-0.2, -0.15) is 0 Å². The standard InChI is InChI=1S/C25H23BrN2O2S/c1-4-13-28-23(30)21-22(19-8-6-5-7-17(19)14-25(21,2)3)27-24(28)31-15-20(29)16-9-11-18(26)12-10-16/h4-12H,1,13-15H2,2-3H3. The van der Waals surface area contributed by atoms with Gasteiger partial charge in [0.05, 0.1) is 11.4 Å². The maximum absolute atomic E-state index is 13.6. The Balaban J connectivity index is 1.77. The minimum atomic E-state index is -0.326. The van der Waals surface area contributed by atoms with E-state index < -0.39 is 0 Å². The van der Waals surface area contributed by atoms with Gasteiger partial charge in [-0.15, -0.1) is 6.58 Å².